The molecule has 0 amide bonds. The fourth-order valence-corrected chi connectivity index (χ4v) is 3.64. The zero-order valence-electron chi connectivity index (χ0n) is 8.18. The molecule has 2 aromatic rings. The summed E-state index contributed by atoms with van der Waals surface area (Å²) >= 11 is 1.50. The van der Waals surface area contributed by atoms with Crippen LogP contribution in [0.1, 0.15) is 6.42 Å². The quantitative estimate of drug-likeness (QED) is 0.886. The van der Waals surface area contributed by atoms with E-state index in [0.29, 0.717) is 16.6 Å². The van der Waals surface area contributed by atoms with E-state index in [-0.39, 0.29) is 0 Å². The molecule has 3 nitrogen and oxygen atoms in total. The maximum absolute atomic E-state index is 11.8. The third kappa shape index (κ3) is 2.42. The van der Waals surface area contributed by atoms with Crippen LogP contribution in [-0.4, -0.2) is 21.5 Å². The van der Waals surface area contributed by atoms with Crippen LogP contribution in [0.25, 0.3) is 10.2 Å². The van der Waals surface area contributed by atoms with E-state index in [1.807, 2.05) is 24.3 Å². The highest BCUT2D eigenvalue weighted by atomic mass is 32.2. The molecule has 0 radical (unpaired) electrons. The summed E-state index contributed by atoms with van der Waals surface area (Å²) in [6.07, 6.45) is 0.780. The van der Waals surface area contributed by atoms with Gasteiger partial charge in [0.25, 0.3) is 0 Å². The molecule has 1 heterocycles. The fourth-order valence-electron chi connectivity index (χ4n) is 1.25. The molecule has 2 rings (SSSR count). The lowest BCUT2D eigenvalue weighted by Crippen LogP contribution is -2.05. The molecule has 0 saturated heterocycles. The highest BCUT2D eigenvalue weighted by Gasteiger charge is 2.09. The minimum Gasteiger partial charge on any atom is -0.330 e. The standard InChI is InChI=1S/C10H12N2OS2/c11-6-3-7-15(13)10-12-8-4-1-2-5-9(8)14-10/h1-2,4-5H,3,6-7,11H2. The molecule has 1 aromatic carbocycles. The van der Waals surface area contributed by atoms with Crippen LogP contribution < -0.4 is 5.73 Å². The van der Waals surface area contributed by atoms with Gasteiger partial charge in [-0.2, -0.15) is 0 Å². The van der Waals surface area contributed by atoms with Crippen LogP contribution in [-0.2, 0) is 10.8 Å². The van der Waals surface area contributed by atoms with Gasteiger partial charge in [-0.1, -0.05) is 12.1 Å². The highest BCUT2D eigenvalue weighted by Crippen LogP contribution is 2.24. The molecule has 0 saturated carbocycles. The molecule has 0 aliphatic carbocycles. The van der Waals surface area contributed by atoms with Gasteiger partial charge >= 0.3 is 0 Å². The van der Waals surface area contributed by atoms with Crippen LogP contribution >= 0.6 is 11.3 Å². The lowest BCUT2D eigenvalue weighted by molar-refractivity contribution is 0.680. The van der Waals surface area contributed by atoms with Crippen molar-refractivity contribution in [3.8, 4) is 0 Å². The summed E-state index contributed by atoms with van der Waals surface area (Å²) < 4.78 is 13.6. The first kappa shape index (κ1) is 10.7. The lowest BCUT2D eigenvalue weighted by Gasteiger charge is -1.94. The smallest absolute Gasteiger partial charge is 0.181 e. The van der Waals surface area contributed by atoms with Crippen molar-refractivity contribution in [2.24, 2.45) is 5.73 Å². The summed E-state index contributed by atoms with van der Waals surface area (Å²) in [6, 6.07) is 7.84. The second-order valence-electron chi connectivity index (χ2n) is 3.14. The fraction of sp³-hybridized carbons (Fsp3) is 0.300. The van der Waals surface area contributed by atoms with Gasteiger partial charge in [0.2, 0.25) is 0 Å². The van der Waals surface area contributed by atoms with Gasteiger partial charge in [0.05, 0.1) is 21.0 Å². The Bertz CT molecular complexity index is 448. The summed E-state index contributed by atoms with van der Waals surface area (Å²) in [5, 5.41) is 0. The van der Waals surface area contributed by atoms with E-state index in [1.165, 1.54) is 11.3 Å². The van der Waals surface area contributed by atoms with Crippen molar-refractivity contribution in [2.45, 2.75) is 10.8 Å². The highest BCUT2D eigenvalue weighted by molar-refractivity contribution is 7.87. The summed E-state index contributed by atoms with van der Waals surface area (Å²) in [4.78, 5) is 4.34. The second kappa shape index (κ2) is 4.83. The number of hydrogen-bond acceptors (Lipinski definition) is 4. The Kier molecular flexibility index (Phi) is 3.45. The third-order valence-corrected chi connectivity index (χ3v) is 4.78. The van der Waals surface area contributed by atoms with E-state index in [2.05, 4.69) is 4.98 Å². The number of thiazole rings is 1. The summed E-state index contributed by atoms with van der Waals surface area (Å²) in [5.74, 6) is 0.607. The van der Waals surface area contributed by atoms with Crippen molar-refractivity contribution in [3.05, 3.63) is 24.3 Å². The van der Waals surface area contributed by atoms with Gasteiger partial charge in [-0.3, -0.25) is 4.21 Å². The van der Waals surface area contributed by atoms with Gasteiger partial charge in [0.15, 0.2) is 4.34 Å². The summed E-state index contributed by atoms with van der Waals surface area (Å²) in [7, 11) is -0.989. The lowest BCUT2D eigenvalue weighted by atomic mass is 10.3. The summed E-state index contributed by atoms with van der Waals surface area (Å²) in [5.41, 5.74) is 6.31. The Morgan fingerprint density at radius 2 is 2.20 bits per heavy atom. The average molecular weight is 240 g/mol. The van der Waals surface area contributed by atoms with Crippen LogP contribution in [0.4, 0.5) is 0 Å². The van der Waals surface area contributed by atoms with Crippen molar-refractivity contribution < 1.29 is 4.21 Å². The van der Waals surface area contributed by atoms with Crippen LogP contribution in [0.3, 0.4) is 0 Å². The molecular formula is C10H12N2OS2. The number of nitrogens with two attached hydrogens (primary N) is 1. The van der Waals surface area contributed by atoms with Crippen molar-refractivity contribution in [1.29, 1.82) is 0 Å². The van der Waals surface area contributed by atoms with Crippen LogP contribution in [0.2, 0.25) is 0 Å². The number of hydrogen-bond donors (Lipinski definition) is 1. The average Bonchev–Trinajstić information content (AvgIpc) is 2.69. The maximum atomic E-state index is 11.8. The number of fused-ring (bicyclic) bond motifs is 1. The van der Waals surface area contributed by atoms with Crippen LogP contribution in [0.5, 0.6) is 0 Å². The molecule has 5 heteroatoms. The van der Waals surface area contributed by atoms with Gasteiger partial charge in [-0.15, -0.1) is 11.3 Å². The first-order valence-corrected chi connectivity index (χ1v) is 6.89. The maximum Gasteiger partial charge on any atom is 0.181 e. The molecule has 1 unspecified atom stereocenters. The monoisotopic (exact) mass is 240 g/mol. The number of nitrogens with zero attached hydrogens (tertiary/aromatic N) is 1. The Morgan fingerprint density at radius 3 is 2.93 bits per heavy atom. The minimum atomic E-state index is -0.989. The largest absolute Gasteiger partial charge is 0.330 e. The third-order valence-electron chi connectivity index (χ3n) is 2.00. The van der Waals surface area contributed by atoms with Gasteiger partial charge in [0, 0.05) is 5.75 Å². The van der Waals surface area contributed by atoms with Crippen LogP contribution in [0, 0.1) is 0 Å². The number of aromatic nitrogens is 1. The first-order valence-electron chi connectivity index (χ1n) is 4.75. The molecule has 1 atom stereocenters. The second-order valence-corrected chi connectivity index (χ2v) is 5.91. The van der Waals surface area contributed by atoms with Crippen molar-refractivity contribution >= 4 is 32.4 Å². The van der Waals surface area contributed by atoms with Crippen molar-refractivity contribution in [3.63, 3.8) is 0 Å². The van der Waals surface area contributed by atoms with E-state index in [9.17, 15) is 4.21 Å². The van der Waals surface area contributed by atoms with E-state index >= 15 is 0 Å². The van der Waals surface area contributed by atoms with Crippen molar-refractivity contribution in [2.75, 3.05) is 12.3 Å². The molecular weight excluding hydrogens is 228 g/mol. The van der Waals surface area contributed by atoms with E-state index in [0.717, 1.165) is 16.6 Å². The Morgan fingerprint density at radius 1 is 1.40 bits per heavy atom. The Hall–Kier alpha value is -0.780. The van der Waals surface area contributed by atoms with Gasteiger partial charge in [-0.05, 0) is 25.1 Å². The van der Waals surface area contributed by atoms with E-state index < -0.39 is 10.8 Å². The van der Waals surface area contributed by atoms with Gasteiger partial charge in [0.1, 0.15) is 0 Å². The van der Waals surface area contributed by atoms with Crippen LogP contribution in [0.15, 0.2) is 28.6 Å². The topological polar surface area (TPSA) is 56.0 Å². The molecule has 0 bridgehead atoms. The number of rotatable bonds is 4. The molecule has 80 valence electrons. The van der Waals surface area contributed by atoms with E-state index in [4.69, 9.17) is 5.73 Å². The number of benzene rings is 1. The molecule has 0 aliphatic heterocycles. The SMILES string of the molecule is NCCCS(=O)c1nc2ccccc2s1. The minimum absolute atomic E-state index is 0.580. The molecule has 0 aliphatic rings. The zero-order valence-corrected chi connectivity index (χ0v) is 9.81. The predicted molar refractivity (Wildman–Crippen MR) is 64.6 cm³/mol. The van der Waals surface area contributed by atoms with Gasteiger partial charge < -0.3 is 5.73 Å². The van der Waals surface area contributed by atoms with Gasteiger partial charge in [-0.25, -0.2) is 4.98 Å². The zero-order chi connectivity index (χ0) is 10.7. The molecule has 0 spiro atoms. The Labute approximate surface area is 94.8 Å². The summed E-state index contributed by atoms with van der Waals surface area (Å²) in [6.45, 7) is 0.580. The normalized spacial score (nSPS) is 13.1. The molecule has 15 heavy (non-hydrogen) atoms. The van der Waals surface area contributed by atoms with E-state index in [1.54, 1.807) is 0 Å². The molecule has 1 aromatic heterocycles. The Balaban J connectivity index is 2.25. The first-order chi connectivity index (χ1) is 7.31. The predicted octanol–water partition coefficient (Wildman–Crippen LogP) is 1.75. The van der Waals surface area contributed by atoms with Crippen molar-refractivity contribution in [1.82, 2.24) is 4.98 Å². The number of para-hydroxylation sites is 1. The molecule has 2 N–H and O–H groups in total. The molecule has 0 fully saturated rings.